The Labute approximate surface area is 183 Å². The Hall–Kier alpha value is -2.99. The monoisotopic (exact) mass is 431 g/mol. The van der Waals surface area contributed by atoms with Crippen molar-refractivity contribution >= 4 is 23.5 Å². The number of nitrogens with one attached hydrogen (secondary N) is 1. The lowest BCUT2D eigenvalue weighted by Gasteiger charge is -2.12. The van der Waals surface area contributed by atoms with E-state index < -0.39 is 6.09 Å². The maximum Gasteiger partial charge on any atom is 0.407 e. The van der Waals surface area contributed by atoms with Gasteiger partial charge in [-0.1, -0.05) is 48.9 Å². The van der Waals surface area contributed by atoms with Crippen LogP contribution in [-0.4, -0.2) is 18.4 Å². The summed E-state index contributed by atoms with van der Waals surface area (Å²) >= 11 is 6.04. The average Bonchev–Trinajstić information content (AvgIpc) is 2.70. The molecule has 0 saturated heterocycles. The molecule has 0 aliphatic heterocycles. The number of carbonyl (C=O) groups is 2. The summed E-state index contributed by atoms with van der Waals surface area (Å²) in [6.07, 6.45) is 5.53. The Morgan fingerprint density at radius 1 is 1.10 bits per heavy atom. The minimum absolute atomic E-state index is 0.0216. The number of hydrogen-bond donors (Lipinski definition) is 3. The van der Waals surface area contributed by atoms with Crippen molar-refractivity contribution in [1.82, 2.24) is 5.32 Å². The highest BCUT2D eigenvalue weighted by Gasteiger charge is 2.15. The van der Waals surface area contributed by atoms with E-state index in [0.29, 0.717) is 27.6 Å². The molecule has 1 rings (SSSR count). The van der Waals surface area contributed by atoms with Crippen LogP contribution in [0.4, 0.5) is 4.79 Å². The Morgan fingerprint density at radius 2 is 1.77 bits per heavy atom. The maximum absolute atomic E-state index is 12.7. The van der Waals surface area contributed by atoms with Crippen molar-refractivity contribution < 1.29 is 14.3 Å². The van der Waals surface area contributed by atoms with E-state index in [1.807, 2.05) is 19.9 Å². The van der Waals surface area contributed by atoms with Gasteiger partial charge in [0.25, 0.3) is 0 Å². The van der Waals surface area contributed by atoms with Gasteiger partial charge in [-0.05, 0) is 50.5 Å². The Bertz CT molecular complexity index is 895. The maximum atomic E-state index is 12.7. The molecular formula is C23H30ClN3O3. The summed E-state index contributed by atoms with van der Waals surface area (Å²) in [4.78, 5) is 24.7. The summed E-state index contributed by atoms with van der Waals surface area (Å²) in [6.45, 7) is 7.18. The second-order valence-electron chi connectivity index (χ2n) is 6.78. The number of halogens is 1. The summed E-state index contributed by atoms with van der Waals surface area (Å²) < 4.78 is 5.15. The van der Waals surface area contributed by atoms with E-state index in [1.165, 1.54) is 0 Å². The molecule has 0 aromatic heterocycles. The fourth-order valence-corrected chi connectivity index (χ4v) is 2.64. The number of ether oxygens (including phenoxy) is 1. The van der Waals surface area contributed by atoms with Gasteiger partial charge in [0.15, 0.2) is 5.78 Å². The molecule has 0 atom stereocenters. The number of carbonyl (C=O) groups excluding carboxylic acids is 2. The summed E-state index contributed by atoms with van der Waals surface area (Å²) in [5.41, 5.74) is 15.1. The zero-order chi connectivity index (χ0) is 22.7. The first-order chi connectivity index (χ1) is 14.2. The molecule has 1 aromatic carbocycles. The second-order valence-corrected chi connectivity index (χ2v) is 7.19. The van der Waals surface area contributed by atoms with Crippen LogP contribution in [0.25, 0.3) is 0 Å². The van der Waals surface area contributed by atoms with Crippen LogP contribution in [0.1, 0.15) is 39.7 Å². The predicted molar refractivity (Wildman–Crippen MR) is 122 cm³/mol. The molecule has 162 valence electrons. The highest BCUT2D eigenvalue weighted by Crippen LogP contribution is 2.16. The largest absolute Gasteiger partial charge is 0.445 e. The Balaban J connectivity index is 2.74. The number of rotatable bonds is 9. The van der Waals surface area contributed by atoms with E-state index in [1.54, 1.807) is 50.3 Å². The van der Waals surface area contributed by atoms with Crippen LogP contribution in [0, 0.1) is 0 Å². The topological polar surface area (TPSA) is 107 Å². The molecule has 7 heteroatoms. The van der Waals surface area contributed by atoms with Crippen LogP contribution < -0.4 is 16.8 Å². The van der Waals surface area contributed by atoms with Gasteiger partial charge in [0.05, 0.1) is 6.54 Å². The third-order valence-corrected chi connectivity index (χ3v) is 4.68. The molecule has 0 bridgehead atoms. The minimum atomic E-state index is -0.674. The van der Waals surface area contributed by atoms with Crippen molar-refractivity contribution in [3.63, 3.8) is 0 Å². The molecular weight excluding hydrogens is 402 g/mol. The average molecular weight is 432 g/mol. The molecule has 0 aliphatic rings. The molecule has 0 aliphatic carbocycles. The Kier molecular flexibility index (Phi) is 10.5. The van der Waals surface area contributed by atoms with Gasteiger partial charge < -0.3 is 21.5 Å². The Morgan fingerprint density at radius 3 is 2.37 bits per heavy atom. The molecule has 6 nitrogen and oxygen atoms in total. The molecule has 0 heterocycles. The molecule has 0 unspecified atom stereocenters. The van der Waals surface area contributed by atoms with Crippen molar-refractivity contribution in [1.29, 1.82) is 0 Å². The van der Waals surface area contributed by atoms with Crippen molar-refractivity contribution in [2.75, 3.05) is 6.54 Å². The van der Waals surface area contributed by atoms with Gasteiger partial charge >= 0.3 is 6.09 Å². The normalized spacial score (nSPS) is 13.6. The molecule has 1 aromatic rings. The predicted octanol–water partition coefficient (Wildman–Crippen LogP) is 4.51. The summed E-state index contributed by atoms with van der Waals surface area (Å²) in [7, 11) is 0. The van der Waals surface area contributed by atoms with Gasteiger partial charge in [0.2, 0.25) is 0 Å². The van der Waals surface area contributed by atoms with E-state index in [2.05, 4.69) is 5.32 Å². The molecule has 0 saturated carbocycles. The lowest BCUT2D eigenvalue weighted by atomic mass is 10.0. The van der Waals surface area contributed by atoms with E-state index >= 15 is 0 Å². The molecule has 5 N–H and O–H groups in total. The number of ketones is 1. The first kappa shape index (κ1) is 25.0. The highest BCUT2D eigenvalue weighted by molar-refractivity contribution is 6.31. The molecule has 0 radical (unpaired) electrons. The zero-order valence-corrected chi connectivity index (χ0v) is 18.7. The van der Waals surface area contributed by atoms with E-state index in [0.717, 1.165) is 12.0 Å². The van der Waals surface area contributed by atoms with Gasteiger partial charge in [0.1, 0.15) is 6.61 Å². The van der Waals surface area contributed by atoms with Crippen molar-refractivity contribution in [2.45, 2.75) is 40.7 Å². The second kappa shape index (κ2) is 12.5. The van der Waals surface area contributed by atoms with Gasteiger partial charge in [-0.15, -0.1) is 0 Å². The smallest absolute Gasteiger partial charge is 0.407 e. The van der Waals surface area contributed by atoms with Crippen molar-refractivity contribution in [2.24, 2.45) is 11.5 Å². The summed E-state index contributed by atoms with van der Waals surface area (Å²) in [5, 5.41) is 3.06. The quantitative estimate of drug-likeness (QED) is 0.393. The lowest BCUT2D eigenvalue weighted by molar-refractivity contribution is -0.112. The lowest BCUT2D eigenvalue weighted by Crippen LogP contribution is -2.30. The SMILES string of the molecule is CC/C=C(C)/C(N)=C\C=C(/C)C(=O)/C(CNC(=O)OCc1ccccc1Cl)=C(/C)N. The summed E-state index contributed by atoms with van der Waals surface area (Å²) in [5.74, 6) is -0.275. The van der Waals surface area contributed by atoms with Crippen molar-refractivity contribution in [3.05, 3.63) is 81.2 Å². The molecule has 0 spiro atoms. The van der Waals surface area contributed by atoms with Gasteiger partial charge in [0, 0.05) is 27.6 Å². The van der Waals surface area contributed by atoms with Gasteiger partial charge in [-0.25, -0.2) is 4.79 Å². The third kappa shape index (κ3) is 8.17. The van der Waals surface area contributed by atoms with E-state index in [9.17, 15) is 9.59 Å². The number of Topliss-reactive ketones (excluding diaryl/α,β-unsaturated/α-hetero) is 1. The first-order valence-corrected chi connectivity index (χ1v) is 10.00. The standard InChI is InChI=1S/C23H30ClN3O3/c1-5-8-15(2)21(26)12-11-16(3)22(28)19(17(4)25)13-27-23(29)30-14-18-9-6-7-10-20(18)24/h6-12H,5,13-14,25-26H2,1-4H3,(H,27,29)/b15-8+,16-11+,19-17-,21-12+. The van der Waals surface area contributed by atoms with Gasteiger partial charge in [-0.2, -0.15) is 0 Å². The van der Waals surface area contributed by atoms with Crippen LogP contribution in [0.3, 0.4) is 0 Å². The third-order valence-electron chi connectivity index (χ3n) is 4.31. The fourth-order valence-electron chi connectivity index (χ4n) is 2.45. The summed E-state index contributed by atoms with van der Waals surface area (Å²) in [6, 6.07) is 7.07. The molecule has 1 amide bonds. The number of amides is 1. The number of hydrogen-bond acceptors (Lipinski definition) is 5. The first-order valence-electron chi connectivity index (χ1n) is 9.62. The van der Waals surface area contributed by atoms with Crippen LogP contribution in [-0.2, 0) is 16.1 Å². The number of benzene rings is 1. The zero-order valence-electron chi connectivity index (χ0n) is 17.9. The van der Waals surface area contributed by atoms with Crippen LogP contribution >= 0.6 is 11.6 Å². The van der Waals surface area contributed by atoms with E-state index in [4.69, 9.17) is 27.8 Å². The number of allylic oxidation sites excluding steroid dienone is 6. The number of nitrogens with two attached hydrogens (primary N) is 2. The van der Waals surface area contributed by atoms with Crippen LogP contribution in [0.2, 0.25) is 5.02 Å². The molecule has 0 fully saturated rings. The minimum Gasteiger partial charge on any atom is -0.445 e. The van der Waals surface area contributed by atoms with Gasteiger partial charge in [-0.3, -0.25) is 4.79 Å². The van der Waals surface area contributed by atoms with Crippen molar-refractivity contribution in [3.8, 4) is 0 Å². The highest BCUT2D eigenvalue weighted by atomic mass is 35.5. The van der Waals surface area contributed by atoms with E-state index in [-0.39, 0.29) is 24.5 Å². The molecule has 30 heavy (non-hydrogen) atoms. The van der Waals surface area contributed by atoms with Crippen LogP contribution in [0.15, 0.2) is 70.6 Å². The van der Waals surface area contributed by atoms with Crippen LogP contribution in [0.5, 0.6) is 0 Å². The fraction of sp³-hybridized carbons (Fsp3) is 0.304. The number of alkyl carbamates (subject to hydrolysis) is 1.